The van der Waals surface area contributed by atoms with Gasteiger partial charge in [-0.05, 0) is 0 Å². The Balaban J connectivity index is -0.0000000400. The van der Waals surface area contributed by atoms with E-state index >= 15 is 0 Å². The van der Waals surface area contributed by atoms with E-state index in [-0.39, 0.29) is 13.5 Å². The standard InChI is InChI=1S/2H6OSi2.H2S/c2*2-1-3;/h2*2-3H3;1H2. The van der Waals surface area contributed by atoms with Gasteiger partial charge in [0.1, 0.15) is 41.9 Å². The zero-order chi connectivity index (χ0) is 5.41. The maximum Gasteiger partial charge on any atom is 0.129 e. The lowest BCUT2D eigenvalue weighted by Gasteiger charge is -1.62. The van der Waals surface area contributed by atoms with Crippen LogP contribution in [0.5, 0.6) is 0 Å². The van der Waals surface area contributed by atoms with E-state index in [1.807, 2.05) is 0 Å². The summed E-state index contributed by atoms with van der Waals surface area (Å²) in [5, 5.41) is 0. The van der Waals surface area contributed by atoms with Crippen LogP contribution in [0.3, 0.4) is 0 Å². The SMILES string of the molecule is S.[SiH3]O[SiH3].[SiH3]O[SiH3]. The van der Waals surface area contributed by atoms with E-state index in [2.05, 4.69) is 8.23 Å². The monoisotopic (exact) mass is 190 g/mol. The van der Waals surface area contributed by atoms with E-state index in [1.165, 1.54) is 0 Å². The molecule has 0 aromatic rings. The van der Waals surface area contributed by atoms with Crippen LogP contribution in [0.4, 0.5) is 0 Å². The number of hydrogen-bond acceptors (Lipinski definition) is 2. The Labute approximate surface area is 64.0 Å². The molecule has 0 unspecified atom stereocenters. The van der Waals surface area contributed by atoms with Crippen molar-refractivity contribution in [3.05, 3.63) is 0 Å². The quantitative estimate of drug-likeness (QED) is 0.357. The second kappa shape index (κ2) is 27.3. The topological polar surface area (TPSA) is 18.5 Å². The molecule has 0 saturated carbocycles. The van der Waals surface area contributed by atoms with Crippen LogP contribution < -0.4 is 0 Å². The molecule has 0 spiro atoms. The molecule has 7 heavy (non-hydrogen) atoms. The van der Waals surface area contributed by atoms with Crippen LogP contribution in [0.25, 0.3) is 0 Å². The van der Waals surface area contributed by atoms with Gasteiger partial charge in [-0.15, -0.1) is 0 Å². The van der Waals surface area contributed by atoms with Gasteiger partial charge in [0.05, 0.1) is 0 Å². The molecule has 0 atom stereocenters. The van der Waals surface area contributed by atoms with E-state index in [0.717, 1.165) is 41.9 Å². The summed E-state index contributed by atoms with van der Waals surface area (Å²) in [6.07, 6.45) is 0. The lowest BCUT2D eigenvalue weighted by molar-refractivity contribution is 0.690. The Hall–Kier alpha value is 1.14. The summed E-state index contributed by atoms with van der Waals surface area (Å²) in [6.45, 7) is 0. The lowest BCUT2D eigenvalue weighted by atomic mass is 15.8. The van der Waals surface area contributed by atoms with Crippen molar-refractivity contribution in [1.29, 1.82) is 0 Å². The van der Waals surface area contributed by atoms with Gasteiger partial charge in [-0.3, -0.25) is 0 Å². The lowest BCUT2D eigenvalue weighted by Crippen LogP contribution is -1.65. The fraction of sp³-hybridized carbons (Fsp3) is 0. The molecule has 0 aliphatic heterocycles. The average molecular weight is 191 g/mol. The highest BCUT2D eigenvalue weighted by Gasteiger charge is 1.28. The second-order valence-electron chi connectivity index (χ2n) is 0.816. The Morgan fingerprint density at radius 2 is 0.714 bits per heavy atom. The minimum atomic E-state index is 0. The van der Waals surface area contributed by atoms with Crippen LogP contribution in [0.2, 0.25) is 0 Å². The first-order valence-corrected chi connectivity index (χ1v) is 4.90. The first-order valence-electron chi connectivity index (χ1n) is 1.63. The first-order chi connectivity index (χ1) is 2.83. The Bertz CT molecular complexity index is 11.7. The van der Waals surface area contributed by atoms with Crippen molar-refractivity contribution in [3.63, 3.8) is 0 Å². The largest absolute Gasteiger partial charge is 0.471 e. The molecule has 2 nitrogen and oxygen atoms in total. The van der Waals surface area contributed by atoms with E-state index < -0.39 is 0 Å². The third-order valence-electron chi connectivity index (χ3n) is 0. The van der Waals surface area contributed by atoms with Crippen LogP contribution in [0.15, 0.2) is 0 Å². The van der Waals surface area contributed by atoms with Gasteiger partial charge in [-0.2, -0.15) is 13.5 Å². The van der Waals surface area contributed by atoms with Gasteiger partial charge in [0, 0.05) is 0 Å². The van der Waals surface area contributed by atoms with Crippen molar-refractivity contribution >= 4 is 55.4 Å². The molecule has 0 heterocycles. The van der Waals surface area contributed by atoms with Crippen LogP contribution in [0, 0.1) is 0 Å². The summed E-state index contributed by atoms with van der Waals surface area (Å²) >= 11 is 0. The highest BCUT2D eigenvalue weighted by Crippen LogP contribution is 1.20. The van der Waals surface area contributed by atoms with E-state index in [1.54, 1.807) is 0 Å². The Kier molecular flexibility index (Phi) is 61.3. The van der Waals surface area contributed by atoms with Crippen molar-refractivity contribution < 1.29 is 8.23 Å². The summed E-state index contributed by atoms with van der Waals surface area (Å²) in [6, 6.07) is 0. The fourth-order valence-corrected chi connectivity index (χ4v) is 0. The van der Waals surface area contributed by atoms with Crippen molar-refractivity contribution in [2.75, 3.05) is 0 Å². The van der Waals surface area contributed by atoms with Gasteiger partial charge >= 0.3 is 0 Å². The molecule has 48 valence electrons. The molecule has 0 N–H and O–H groups in total. The van der Waals surface area contributed by atoms with Crippen LogP contribution in [-0.2, 0) is 8.23 Å². The predicted molar refractivity (Wildman–Crippen MR) is 52.3 cm³/mol. The molecule has 0 radical (unpaired) electrons. The van der Waals surface area contributed by atoms with Crippen LogP contribution in [0.1, 0.15) is 0 Å². The van der Waals surface area contributed by atoms with Gasteiger partial charge in [-0.25, -0.2) is 0 Å². The van der Waals surface area contributed by atoms with Gasteiger partial charge in [0.15, 0.2) is 0 Å². The second-order valence-corrected chi connectivity index (χ2v) is 7.35. The molecule has 0 aliphatic carbocycles. The maximum absolute atomic E-state index is 4.53. The average Bonchev–Trinajstić information content (AvgIpc) is 1.39. The molecule has 0 bridgehead atoms. The summed E-state index contributed by atoms with van der Waals surface area (Å²) in [5.41, 5.74) is 0. The van der Waals surface area contributed by atoms with Gasteiger partial charge in [0.2, 0.25) is 0 Å². The minimum Gasteiger partial charge on any atom is -0.471 e. The smallest absolute Gasteiger partial charge is 0.129 e. The highest BCUT2D eigenvalue weighted by atomic mass is 32.1. The van der Waals surface area contributed by atoms with E-state index in [9.17, 15) is 0 Å². The van der Waals surface area contributed by atoms with Gasteiger partial charge in [-0.1, -0.05) is 0 Å². The Morgan fingerprint density at radius 1 is 0.714 bits per heavy atom. The van der Waals surface area contributed by atoms with Crippen LogP contribution >= 0.6 is 13.5 Å². The zero-order valence-electron chi connectivity index (χ0n) is 5.32. The third kappa shape index (κ3) is 146. The molecule has 0 fully saturated rings. The highest BCUT2D eigenvalue weighted by molar-refractivity contribution is 7.59. The molecular formula is H14O2SSi4. The molecule has 0 aliphatic rings. The van der Waals surface area contributed by atoms with Crippen molar-refractivity contribution in [3.8, 4) is 0 Å². The van der Waals surface area contributed by atoms with Crippen molar-refractivity contribution in [2.45, 2.75) is 0 Å². The van der Waals surface area contributed by atoms with Gasteiger partial charge in [0.25, 0.3) is 0 Å². The van der Waals surface area contributed by atoms with E-state index in [4.69, 9.17) is 0 Å². The maximum atomic E-state index is 4.53. The predicted octanol–water partition coefficient (Wildman–Crippen LogP) is -4.76. The Morgan fingerprint density at radius 3 is 0.714 bits per heavy atom. The molecule has 0 amide bonds. The zero-order valence-corrected chi connectivity index (χ0v) is 14.3. The molecule has 7 heteroatoms. The van der Waals surface area contributed by atoms with E-state index in [0.29, 0.717) is 0 Å². The summed E-state index contributed by atoms with van der Waals surface area (Å²) in [5.74, 6) is 0. The minimum absolute atomic E-state index is 0. The first kappa shape index (κ1) is 15.7. The third-order valence-corrected chi connectivity index (χ3v) is 0. The molecular weight excluding hydrogens is 176 g/mol. The molecule has 0 aromatic heterocycles. The normalized spacial score (nSPS) is 6.86. The van der Waals surface area contributed by atoms with Gasteiger partial charge < -0.3 is 8.23 Å². The van der Waals surface area contributed by atoms with Crippen LogP contribution in [-0.4, -0.2) is 41.9 Å². The summed E-state index contributed by atoms with van der Waals surface area (Å²) in [7, 11) is 3.72. The summed E-state index contributed by atoms with van der Waals surface area (Å²) < 4.78 is 9.06. The molecule has 0 saturated heterocycles. The molecule has 0 rings (SSSR count). The van der Waals surface area contributed by atoms with Crippen molar-refractivity contribution in [2.24, 2.45) is 0 Å². The molecule has 0 aromatic carbocycles. The fourth-order valence-electron chi connectivity index (χ4n) is 0. The summed E-state index contributed by atoms with van der Waals surface area (Å²) in [4.78, 5) is 0. The van der Waals surface area contributed by atoms with Crippen molar-refractivity contribution in [1.82, 2.24) is 0 Å². The number of hydrogen-bond donors (Lipinski definition) is 0. The number of rotatable bonds is 0.